The number of phenols is 1. The molecule has 0 aliphatic heterocycles. The van der Waals surface area contributed by atoms with E-state index < -0.39 is 5.97 Å². The first-order valence-corrected chi connectivity index (χ1v) is 3.98. The topological polar surface area (TPSA) is 57.5 Å². The van der Waals surface area contributed by atoms with Crippen LogP contribution in [0, 0.1) is 0 Å². The number of hydrogen-bond donors (Lipinski definition) is 3. The van der Waals surface area contributed by atoms with Crippen LogP contribution in [0.4, 0.5) is 0 Å². The van der Waals surface area contributed by atoms with E-state index in [4.69, 9.17) is 5.11 Å². The molecule has 0 spiro atoms. The fourth-order valence-corrected chi connectivity index (χ4v) is 0.958. The second-order valence-electron chi connectivity index (χ2n) is 2.39. The molecule has 0 radical (unpaired) electrons. The van der Waals surface area contributed by atoms with E-state index in [-0.39, 0.29) is 10.7 Å². The lowest BCUT2D eigenvalue weighted by atomic mass is 10.2. The smallest absolute Gasteiger partial charge is 0.341 e. The minimum Gasteiger partial charge on any atom is -0.507 e. The van der Waals surface area contributed by atoms with Crippen molar-refractivity contribution in [2.24, 2.45) is 0 Å². The molecule has 13 heavy (non-hydrogen) atoms. The molecule has 0 saturated heterocycles. The van der Waals surface area contributed by atoms with Gasteiger partial charge in [0, 0.05) is 5.56 Å². The Balaban J connectivity index is 3.04. The molecular formula is C9H8O3S. The van der Waals surface area contributed by atoms with Gasteiger partial charge >= 0.3 is 5.97 Å². The lowest BCUT2D eigenvalue weighted by Crippen LogP contribution is -1.93. The fraction of sp³-hybridized carbons (Fsp3) is 0. The van der Waals surface area contributed by atoms with Crippen molar-refractivity contribution in [2.75, 3.05) is 0 Å². The van der Waals surface area contributed by atoms with Gasteiger partial charge in [0.1, 0.15) is 5.75 Å². The van der Waals surface area contributed by atoms with Gasteiger partial charge in [0.05, 0.1) is 4.91 Å². The normalized spacial score (nSPS) is 11.3. The van der Waals surface area contributed by atoms with E-state index in [9.17, 15) is 9.90 Å². The first-order valence-electron chi connectivity index (χ1n) is 3.53. The summed E-state index contributed by atoms with van der Waals surface area (Å²) in [5.74, 6) is -1.08. The second-order valence-corrected chi connectivity index (χ2v) is 2.88. The summed E-state index contributed by atoms with van der Waals surface area (Å²) in [7, 11) is 0. The standard InChI is InChI=1S/C9H8O3S/c10-7-4-2-1-3-6(7)5-8(13)9(11)12/h1-5,10,13H,(H,11,12)/b8-5+. The number of phenolic OH excluding ortho intramolecular Hbond substituents is 1. The van der Waals surface area contributed by atoms with Crippen molar-refractivity contribution in [3.8, 4) is 5.75 Å². The number of carbonyl (C=O) groups is 1. The zero-order chi connectivity index (χ0) is 9.84. The third kappa shape index (κ3) is 2.52. The Morgan fingerprint density at radius 3 is 2.54 bits per heavy atom. The van der Waals surface area contributed by atoms with Crippen molar-refractivity contribution in [3.05, 3.63) is 34.7 Å². The van der Waals surface area contributed by atoms with Gasteiger partial charge in [-0.15, -0.1) is 12.6 Å². The Bertz CT molecular complexity index is 358. The third-order valence-electron chi connectivity index (χ3n) is 1.45. The zero-order valence-electron chi connectivity index (χ0n) is 6.64. The lowest BCUT2D eigenvalue weighted by Gasteiger charge is -1.97. The van der Waals surface area contributed by atoms with Crippen LogP contribution in [0.5, 0.6) is 5.75 Å². The molecule has 0 heterocycles. The fourth-order valence-electron chi connectivity index (χ4n) is 0.819. The van der Waals surface area contributed by atoms with Gasteiger partial charge in [-0.05, 0) is 12.1 Å². The predicted octanol–water partition coefficient (Wildman–Crippen LogP) is 1.75. The molecule has 0 aliphatic rings. The van der Waals surface area contributed by atoms with Gasteiger partial charge in [-0.1, -0.05) is 18.2 Å². The molecule has 0 amide bonds. The van der Waals surface area contributed by atoms with Crippen LogP contribution in [-0.4, -0.2) is 16.2 Å². The van der Waals surface area contributed by atoms with Gasteiger partial charge < -0.3 is 10.2 Å². The summed E-state index contributed by atoms with van der Waals surface area (Å²) in [6, 6.07) is 6.45. The summed E-state index contributed by atoms with van der Waals surface area (Å²) >= 11 is 3.73. The number of para-hydroxylation sites is 1. The highest BCUT2D eigenvalue weighted by Gasteiger charge is 2.02. The van der Waals surface area contributed by atoms with Crippen molar-refractivity contribution in [2.45, 2.75) is 0 Å². The van der Waals surface area contributed by atoms with Crippen LogP contribution in [0.3, 0.4) is 0 Å². The van der Waals surface area contributed by atoms with Gasteiger partial charge in [0.2, 0.25) is 0 Å². The summed E-state index contributed by atoms with van der Waals surface area (Å²) in [6.07, 6.45) is 1.29. The van der Waals surface area contributed by atoms with E-state index in [0.717, 1.165) is 0 Å². The first-order chi connectivity index (χ1) is 6.11. The van der Waals surface area contributed by atoms with Crippen LogP contribution in [-0.2, 0) is 4.79 Å². The van der Waals surface area contributed by atoms with Crippen molar-refractivity contribution in [3.63, 3.8) is 0 Å². The monoisotopic (exact) mass is 196 g/mol. The van der Waals surface area contributed by atoms with E-state index in [1.165, 1.54) is 12.1 Å². The molecule has 3 nitrogen and oxygen atoms in total. The molecule has 0 aromatic heterocycles. The predicted molar refractivity (Wildman–Crippen MR) is 52.7 cm³/mol. The van der Waals surface area contributed by atoms with Crippen LogP contribution >= 0.6 is 12.6 Å². The molecule has 0 saturated carbocycles. The maximum Gasteiger partial charge on any atom is 0.341 e. The molecule has 1 aromatic rings. The molecule has 0 unspecified atom stereocenters. The summed E-state index contributed by atoms with van der Waals surface area (Å²) in [5.41, 5.74) is 0.440. The molecule has 4 heteroatoms. The van der Waals surface area contributed by atoms with E-state index in [0.29, 0.717) is 5.56 Å². The van der Waals surface area contributed by atoms with Gasteiger partial charge in [0.15, 0.2) is 0 Å². The minimum atomic E-state index is -1.12. The van der Waals surface area contributed by atoms with Gasteiger partial charge in [-0.3, -0.25) is 0 Å². The van der Waals surface area contributed by atoms with Gasteiger partial charge in [-0.25, -0.2) is 4.79 Å². The van der Waals surface area contributed by atoms with E-state index in [1.54, 1.807) is 18.2 Å². The average Bonchev–Trinajstić information content (AvgIpc) is 2.08. The first kappa shape index (κ1) is 9.67. The second kappa shape index (κ2) is 4.00. The Labute approximate surface area is 80.7 Å². The number of rotatable bonds is 2. The number of thiol groups is 1. The van der Waals surface area contributed by atoms with Gasteiger partial charge in [-0.2, -0.15) is 0 Å². The minimum absolute atomic E-state index is 0.0373. The number of aliphatic carboxylic acids is 1. The molecule has 0 fully saturated rings. The number of benzene rings is 1. The SMILES string of the molecule is O=C(O)/C(S)=C\c1ccccc1O. The van der Waals surface area contributed by atoms with E-state index in [2.05, 4.69) is 12.6 Å². The largest absolute Gasteiger partial charge is 0.507 e. The molecule has 1 aromatic carbocycles. The van der Waals surface area contributed by atoms with E-state index >= 15 is 0 Å². The lowest BCUT2D eigenvalue weighted by molar-refractivity contribution is -0.131. The van der Waals surface area contributed by atoms with Crippen molar-refractivity contribution in [1.29, 1.82) is 0 Å². The summed E-state index contributed by atoms with van der Waals surface area (Å²) < 4.78 is 0. The molecule has 1 rings (SSSR count). The number of carboxylic acids is 1. The highest BCUT2D eigenvalue weighted by molar-refractivity contribution is 7.85. The van der Waals surface area contributed by atoms with Gasteiger partial charge in [0.25, 0.3) is 0 Å². The molecular weight excluding hydrogens is 188 g/mol. The molecule has 0 atom stereocenters. The van der Waals surface area contributed by atoms with Crippen molar-refractivity contribution >= 4 is 24.7 Å². The average molecular weight is 196 g/mol. The highest BCUT2D eigenvalue weighted by Crippen LogP contribution is 2.19. The number of carboxylic acid groups (broad SMARTS) is 1. The summed E-state index contributed by atoms with van der Waals surface area (Å²) in [4.78, 5) is 10.3. The molecule has 0 aliphatic carbocycles. The number of hydrogen-bond acceptors (Lipinski definition) is 3. The maximum absolute atomic E-state index is 10.4. The van der Waals surface area contributed by atoms with Crippen LogP contribution in [0.2, 0.25) is 0 Å². The number of aromatic hydroxyl groups is 1. The van der Waals surface area contributed by atoms with Crippen LogP contribution in [0.1, 0.15) is 5.56 Å². The highest BCUT2D eigenvalue weighted by atomic mass is 32.1. The maximum atomic E-state index is 10.4. The Morgan fingerprint density at radius 2 is 2.00 bits per heavy atom. The zero-order valence-corrected chi connectivity index (χ0v) is 7.53. The Morgan fingerprint density at radius 1 is 1.38 bits per heavy atom. The van der Waals surface area contributed by atoms with Crippen LogP contribution in [0.25, 0.3) is 6.08 Å². The van der Waals surface area contributed by atoms with Crippen LogP contribution in [0.15, 0.2) is 29.2 Å². The Kier molecular flexibility index (Phi) is 2.97. The van der Waals surface area contributed by atoms with E-state index in [1.807, 2.05) is 0 Å². The quantitative estimate of drug-likeness (QED) is 0.499. The summed E-state index contributed by atoms with van der Waals surface area (Å²) in [5, 5.41) is 17.8. The summed E-state index contributed by atoms with van der Waals surface area (Å²) in [6.45, 7) is 0. The molecule has 2 N–H and O–H groups in total. The molecule has 68 valence electrons. The molecule has 0 bridgehead atoms. The van der Waals surface area contributed by atoms with Crippen molar-refractivity contribution < 1.29 is 15.0 Å². The Hall–Kier alpha value is -1.42. The third-order valence-corrected chi connectivity index (χ3v) is 1.77. The van der Waals surface area contributed by atoms with Crippen molar-refractivity contribution in [1.82, 2.24) is 0 Å². The van der Waals surface area contributed by atoms with Crippen LogP contribution < -0.4 is 0 Å².